The first-order valence-electron chi connectivity index (χ1n) is 8.70. The lowest BCUT2D eigenvalue weighted by Crippen LogP contribution is -2.47. The van der Waals surface area contributed by atoms with Crippen LogP contribution in [-0.2, 0) is 10.3 Å². The number of cyclic esters (lactones) is 1. The molecule has 4 rings (SSSR count). The van der Waals surface area contributed by atoms with E-state index in [1.165, 1.54) is 17.0 Å². The fourth-order valence-electron chi connectivity index (χ4n) is 3.18. The zero-order valence-electron chi connectivity index (χ0n) is 14.8. The Morgan fingerprint density at radius 2 is 1.93 bits per heavy atom. The Bertz CT molecular complexity index is 980. The van der Waals surface area contributed by atoms with Crippen molar-refractivity contribution < 1.29 is 13.9 Å². The number of hydrogen-bond acceptors (Lipinski definition) is 4. The molecule has 0 saturated carbocycles. The molecule has 0 bridgehead atoms. The van der Waals surface area contributed by atoms with Crippen molar-refractivity contribution in [3.8, 4) is 11.3 Å². The second kappa shape index (κ2) is 6.79. The lowest BCUT2D eigenvalue weighted by molar-refractivity contribution is 0.00546. The Labute approximate surface area is 156 Å². The first kappa shape index (κ1) is 17.1. The highest BCUT2D eigenvalue weighted by molar-refractivity contribution is 5.86. The summed E-state index contributed by atoms with van der Waals surface area (Å²) in [7, 11) is 0. The summed E-state index contributed by atoms with van der Waals surface area (Å²) in [5, 5.41) is 0. The standard InChI is InChI=1S/C21H18FN3O2/c1-21(16-7-3-2-4-8-16)11-13-25(20(26)27-21)19-23-12-10-18(24-19)15-6-5-9-17(22)14-15/h2-10,12,14H,11,13H2,1H3. The lowest BCUT2D eigenvalue weighted by atomic mass is 9.91. The van der Waals surface area contributed by atoms with Crippen LogP contribution in [0.3, 0.4) is 0 Å². The number of halogens is 1. The van der Waals surface area contributed by atoms with Crippen molar-refractivity contribution in [2.45, 2.75) is 18.9 Å². The van der Waals surface area contributed by atoms with Gasteiger partial charge in [0, 0.05) is 24.7 Å². The molecule has 1 unspecified atom stereocenters. The van der Waals surface area contributed by atoms with Gasteiger partial charge in [0.2, 0.25) is 5.95 Å². The zero-order chi connectivity index (χ0) is 18.9. The summed E-state index contributed by atoms with van der Waals surface area (Å²) in [5.41, 5.74) is 1.43. The number of amides is 1. The number of carbonyl (C=O) groups excluding carboxylic acids is 1. The molecule has 2 aromatic carbocycles. The van der Waals surface area contributed by atoms with Crippen LogP contribution in [0.15, 0.2) is 66.9 Å². The van der Waals surface area contributed by atoms with Gasteiger partial charge < -0.3 is 4.74 Å². The second-order valence-electron chi connectivity index (χ2n) is 6.62. The molecule has 27 heavy (non-hydrogen) atoms. The minimum Gasteiger partial charge on any atom is -0.438 e. The van der Waals surface area contributed by atoms with Gasteiger partial charge in [-0.1, -0.05) is 42.5 Å². The third kappa shape index (κ3) is 3.38. The second-order valence-corrected chi connectivity index (χ2v) is 6.62. The van der Waals surface area contributed by atoms with Gasteiger partial charge in [0.15, 0.2) is 0 Å². The van der Waals surface area contributed by atoms with E-state index < -0.39 is 11.7 Å². The van der Waals surface area contributed by atoms with E-state index in [4.69, 9.17) is 4.74 Å². The number of benzene rings is 2. The minimum absolute atomic E-state index is 0.247. The minimum atomic E-state index is -0.686. The summed E-state index contributed by atoms with van der Waals surface area (Å²) in [5.74, 6) is -0.0967. The summed E-state index contributed by atoms with van der Waals surface area (Å²) < 4.78 is 19.2. The van der Waals surface area contributed by atoms with Crippen LogP contribution < -0.4 is 4.90 Å². The Kier molecular flexibility index (Phi) is 4.32. The van der Waals surface area contributed by atoms with Crippen molar-refractivity contribution in [3.63, 3.8) is 0 Å². The highest BCUT2D eigenvalue weighted by Crippen LogP contribution is 2.34. The Morgan fingerprint density at radius 3 is 2.67 bits per heavy atom. The molecule has 1 saturated heterocycles. The monoisotopic (exact) mass is 363 g/mol. The molecule has 6 heteroatoms. The normalized spacial score (nSPS) is 19.6. The largest absolute Gasteiger partial charge is 0.438 e. The van der Waals surface area contributed by atoms with Crippen molar-refractivity contribution in [1.82, 2.24) is 9.97 Å². The Balaban J connectivity index is 1.59. The van der Waals surface area contributed by atoms with E-state index in [2.05, 4.69) is 9.97 Å². The number of aromatic nitrogens is 2. The van der Waals surface area contributed by atoms with Crippen molar-refractivity contribution in [2.75, 3.05) is 11.4 Å². The fourth-order valence-corrected chi connectivity index (χ4v) is 3.18. The van der Waals surface area contributed by atoms with Crippen LogP contribution >= 0.6 is 0 Å². The lowest BCUT2D eigenvalue weighted by Gasteiger charge is -2.38. The summed E-state index contributed by atoms with van der Waals surface area (Å²) in [6, 6.07) is 17.5. The number of ether oxygens (including phenoxy) is 1. The van der Waals surface area contributed by atoms with E-state index in [1.807, 2.05) is 37.3 Å². The molecule has 1 fully saturated rings. The first-order chi connectivity index (χ1) is 13.0. The molecule has 5 nitrogen and oxygen atoms in total. The maximum atomic E-state index is 13.5. The summed E-state index contributed by atoms with van der Waals surface area (Å²) in [6.07, 6.45) is 1.67. The molecular formula is C21H18FN3O2. The Morgan fingerprint density at radius 1 is 1.11 bits per heavy atom. The zero-order valence-corrected chi connectivity index (χ0v) is 14.8. The molecule has 2 heterocycles. The number of hydrogen-bond donors (Lipinski definition) is 0. The summed E-state index contributed by atoms with van der Waals surface area (Å²) in [4.78, 5) is 22.7. The van der Waals surface area contributed by atoms with Crippen LogP contribution in [0.4, 0.5) is 15.1 Å². The van der Waals surface area contributed by atoms with Crippen molar-refractivity contribution in [1.29, 1.82) is 0 Å². The molecule has 1 amide bonds. The molecule has 0 aliphatic carbocycles. The van der Waals surface area contributed by atoms with E-state index in [1.54, 1.807) is 24.4 Å². The van der Waals surface area contributed by atoms with Gasteiger partial charge in [-0.15, -0.1) is 0 Å². The van der Waals surface area contributed by atoms with Crippen LogP contribution in [-0.4, -0.2) is 22.6 Å². The highest BCUT2D eigenvalue weighted by atomic mass is 19.1. The predicted octanol–water partition coefficient (Wildman–Crippen LogP) is 4.54. The fraction of sp³-hybridized carbons (Fsp3) is 0.190. The molecule has 1 aliphatic rings. The summed E-state index contributed by atoms with van der Waals surface area (Å²) in [6.45, 7) is 2.33. The van der Waals surface area contributed by atoms with Gasteiger partial charge in [-0.25, -0.2) is 24.1 Å². The van der Waals surface area contributed by atoms with Gasteiger partial charge in [0.25, 0.3) is 0 Å². The van der Waals surface area contributed by atoms with E-state index in [0.29, 0.717) is 24.2 Å². The molecule has 0 N–H and O–H groups in total. The predicted molar refractivity (Wildman–Crippen MR) is 99.7 cm³/mol. The molecule has 1 aliphatic heterocycles. The topological polar surface area (TPSA) is 55.3 Å². The van der Waals surface area contributed by atoms with Crippen molar-refractivity contribution >= 4 is 12.0 Å². The van der Waals surface area contributed by atoms with Gasteiger partial charge >= 0.3 is 6.09 Å². The van der Waals surface area contributed by atoms with Crippen molar-refractivity contribution in [2.24, 2.45) is 0 Å². The number of anilines is 1. The van der Waals surface area contributed by atoms with Gasteiger partial charge in [0.1, 0.15) is 11.4 Å². The number of carbonyl (C=O) groups is 1. The van der Waals surface area contributed by atoms with Gasteiger partial charge in [0.05, 0.1) is 5.69 Å². The third-order valence-electron chi connectivity index (χ3n) is 4.73. The van der Waals surface area contributed by atoms with Gasteiger partial charge in [-0.2, -0.15) is 0 Å². The molecule has 0 radical (unpaired) electrons. The van der Waals surface area contributed by atoms with Gasteiger partial charge in [-0.3, -0.25) is 0 Å². The van der Waals surface area contributed by atoms with Crippen LogP contribution in [0, 0.1) is 5.82 Å². The van der Waals surface area contributed by atoms with Crippen LogP contribution in [0.5, 0.6) is 0 Å². The average molecular weight is 363 g/mol. The molecular weight excluding hydrogens is 345 g/mol. The van der Waals surface area contributed by atoms with Crippen LogP contribution in [0.2, 0.25) is 0 Å². The van der Waals surface area contributed by atoms with E-state index in [-0.39, 0.29) is 11.8 Å². The number of nitrogens with zero attached hydrogens (tertiary/aromatic N) is 3. The van der Waals surface area contributed by atoms with E-state index >= 15 is 0 Å². The Hall–Kier alpha value is -3.28. The van der Waals surface area contributed by atoms with Gasteiger partial charge in [-0.05, 0) is 30.7 Å². The summed E-state index contributed by atoms with van der Waals surface area (Å²) >= 11 is 0. The highest BCUT2D eigenvalue weighted by Gasteiger charge is 2.39. The molecule has 0 spiro atoms. The molecule has 1 atom stereocenters. The van der Waals surface area contributed by atoms with Crippen molar-refractivity contribution in [3.05, 3.63) is 78.2 Å². The molecule has 1 aromatic heterocycles. The SMILES string of the molecule is CC1(c2ccccc2)CCN(c2nccc(-c3cccc(F)c3)n2)C(=O)O1. The van der Waals surface area contributed by atoms with Crippen LogP contribution in [0.25, 0.3) is 11.3 Å². The maximum absolute atomic E-state index is 13.5. The smallest absolute Gasteiger partial charge is 0.417 e. The van der Waals surface area contributed by atoms with Crippen LogP contribution in [0.1, 0.15) is 18.9 Å². The molecule has 136 valence electrons. The quantitative estimate of drug-likeness (QED) is 0.685. The average Bonchev–Trinajstić information content (AvgIpc) is 2.69. The maximum Gasteiger partial charge on any atom is 0.417 e. The molecule has 3 aromatic rings. The number of rotatable bonds is 3. The first-order valence-corrected chi connectivity index (χ1v) is 8.70. The van der Waals surface area contributed by atoms with E-state index in [9.17, 15) is 9.18 Å². The van der Waals surface area contributed by atoms with E-state index in [0.717, 1.165) is 5.56 Å². The third-order valence-corrected chi connectivity index (χ3v) is 4.73.